The minimum atomic E-state index is 0.330. The smallest absolute Gasteiger partial charge is 0.170 e. The number of hydrogen-bond donors (Lipinski definition) is 1. The lowest BCUT2D eigenvalue weighted by Gasteiger charge is -2.18. The maximum atomic E-state index is 5.84. The molecular formula is C13H18N2O. The van der Waals surface area contributed by atoms with Crippen LogP contribution >= 0.6 is 0 Å². The Hall–Kier alpha value is -1.35. The van der Waals surface area contributed by atoms with E-state index in [9.17, 15) is 0 Å². The lowest BCUT2D eigenvalue weighted by molar-refractivity contribution is 0.437. The average molecular weight is 218 g/mol. The second-order valence-corrected chi connectivity index (χ2v) is 4.58. The van der Waals surface area contributed by atoms with E-state index < -0.39 is 0 Å². The largest absolute Gasteiger partial charge is 0.356 e. The first-order valence-electron chi connectivity index (χ1n) is 5.70. The van der Waals surface area contributed by atoms with E-state index in [1.165, 1.54) is 5.56 Å². The summed E-state index contributed by atoms with van der Waals surface area (Å²) >= 11 is 0. The number of para-hydroxylation sites is 1. The number of nitrogens with two attached hydrogens (primary N) is 1. The Morgan fingerprint density at radius 1 is 1.38 bits per heavy atom. The summed E-state index contributed by atoms with van der Waals surface area (Å²) in [6.45, 7) is 6.96. The minimum absolute atomic E-state index is 0.330. The first kappa shape index (κ1) is 11.1. The molecule has 0 aliphatic carbocycles. The highest BCUT2D eigenvalue weighted by Gasteiger charge is 2.19. The molecule has 2 N–H and O–H groups in total. The van der Waals surface area contributed by atoms with Gasteiger partial charge in [-0.05, 0) is 25.5 Å². The second kappa shape index (κ2) is 4.26. The average Bonchev–Trinajstić information content (AvgIpc) is 2.62. The van der Waals surface area contributed by atoms with Gasteiger partial charge >= 0.3 is 0 Å². The summed E-state index contributed by atoms with van der Waals surface area (Å²) in [5.41, 5.74) is 8.85. The zero-order chi connectivity index (χ0) is 11.7. The normalized spacial score (nSPS) is 13.6. The molecule has 2 rings (SSSR count). The topological polar surface area (TPSA) is 52.0 Å². The van der Waals surface area contributed by atoms with Crippen LogP contribution in [0.5, 0.6) is 0 Å². The molecule has 0 saturated heterocycles. The van der Waals surface area contributed by atoms with Gasteiger partial charge in [-0.3, -0.25) is 0 Å². The molecule has 16 heavy (non-hydrogen) atoms. The number of aryl methyl sites for hydroxylation is 1. The predicted octanol–water partition coefficient (Wildman–Crippen LogP) is 2.83. The lowest BCUT2D eigenvalue weighted by Crippen LogP contribution is -2.17. The zero-order valence-electron chi connectivity index (χ0n) is 10.0. The Balaban J connectivity index is 2.59. The Kier molecular flexibility index (Phi) is 2.97. The summed E-state index contributed by atoms with van der Waals surface area (Å²) in [5.74, 6) is 0.831. The first-order valence-corrected chi connectivity index (χ1v) is 5.70. The van der Waals surface area contributed by atoms with Crippen molar-refractivity contribution in [3.05, 3.63) is 29.5 Å². The van der Waals surface area contributed by atoms with E-state index in [2.05, 4.69) is 25.1 Å². The summed E-state index contributed by atoms with van der Waals surface area (Å²) in [5, 5.41) is 5.11. The van der Waals surface area contributed by atoms with Crippen molar-refractivity contribution in [2.75, 3.05) is 6.54 Å². The van der Waals surface area contributed by atoms with Crippen molar-refractivity contribution in [1.29, 1.82) is 0 Å². The quantitative estimate of drug-likeness (QED) is 0.861. The van der Waals surface area contributed by atoms with Crippen molar-refractivity contribution in [3.63, 3.8) is 0 Å². The van der Waals surface area contributed by atoms with Crippen LogP contribution < -0.4 is 5.73 Å². The van der Waals surface area contributed by atoms with Gasteiger partial charge < -0.3 is 10.3 Å². The van der Waals surface area contributed by atoms with Crippen molar-refractivity contribution < 1.29 is 4.52 Å². The van der Waals surface area contributed by atoms with Gasteiger partial charge in [0.1, 0.15) is 0 Å². The molecule has 1 aromatic carbocycles. The maximum Gasteiger partial charge on any atom is 0.170 e. The van der Waals surface area contributed by atoms with E-state index in [0.29, 0.717) is 18.4 Å². The van der Waals surface area contributed by atoms with Crippen LogP contribution in [0.25, 0.3) is 11.0 Å². The highest BCUT2D eigenvalue weighted by Crippen LogP contribution is 2.31. The van der Waals surface area contributed by atoms with Crippen LogP contribution in [0, 0.1) is 12.8 Å². The third kappa shape index (κ3) is 1.71. The molecule has 86 valence electrons. The Morgan fingerprint density at radius 3 is 2.75 bits per heavy atom. The van der Waals surface area contributed by atoms with Crippen LogP contribution in [0.3, 0.4) is 0 Å². The number of rotatable bonds is 3. The van der Waals surface area contributed by atoms with Gasteiger partial charge in [0.2, 0.25) is 0 Å². The summed E-state index contributed by atoms with van der Waals surface area (Å²) in [6, 6.07) is 6.18. The third-order valence-corrected chi connectivity index (χ3v) is 3.17. The fraction of sp³-hybridized carbons (Fsp3) is 0.462. The molecule has 0 saturated carbocycles. The van der Waals surface area contributed by atoms with Gasteiger partial charge in [-0.25, -0.2) is 0 Å². The van der Waals surface area contributed by atoms with Gasteiger partial charge in [-0.2, -0.15) is 0 Å². The molecule has 0 aliphatic rings. The van der Waals surface area contributed by atoms with Gasteiger partial charge in [0.25, 0.3) is 0 Å². The number of benzene rings is 1. The van der Waals surface area contributed by atoms with Gasteiger partial charge in [0.15, 0.2) is 5.58 Å². The molecule has 0 bridgehead atoms. The molecule has 2 aromatic rings. The Morgan fingerprint density at radius 2 is 2.12 bits per heavy atom. The summed E-state index contributed by atoms with van der Waals surface area (Å²) in [6.07, 6.45) is 0. The molecule has 1 heterocycles. The number of nitrogens with zero attached hydrogens (tertiary/aromatic N) is 1. The summed E-state index contributed by atoms with van der Waals surface area (Å²) < 4.78 is 5.41. The van der Waals surface area contributed by atoms with Gasteiger partial charge in [0, 0.05) is 16.9 Å². The molecule has 1 atom stereocenters. The van der Waals surface area contributed by atoms with E-state index in [1.54, 1.807) is 0 Å². The van der Waals surface area contributed by atoms with E-state index in [-0.39, 0.29) is 0 Å². The first-order chi connectivity index (χ1) is 7.65. The molecule has 0 radical (unpaired) electrons. The summed E-state index contributed by atoms with van der Waals surface area (Å²) in [7, 11) is 0. The van der Waals surface area contributed by atoms with Gasteiger partial charge in [0.05, 0.1) is 5.69 Å². The molecule has 0 amide bonds. The van der Waals surface area contributed by atoms with Crippen LogP contribution in [-0.4, -0.2) is 11.7 Å². The zero-order valence-corrected chi connectivity index (χ0v) is 10.0. The molecule has 0 spiro atoms. The molecule has 1 unspecified atom stereocenters. The summed E-state index contributed by atoms with van der Waals surface area (Å²) in [4.78, 5) is 0. The monoisotopic (exact) mass is 218 g/mol. The highest BCUT2D eigenvalue weighted by molar-refractivity contribution is 5.82. The van der Waals surface area contributed by atoms with Crippen LogP contribution in [0.4, 0.5) is 0 Å². The predicted molar refractivity (Wildman–Crippen MR) is 65.4 cm³/mol. The number of hydrogen-bond acceptors (Lipinski definition) is 3. The maximum absolute atomic E-state index is 5.84. The SMILES string of the molecule is Cc1noc2c(C(CN)C(C)C)cccc12. The van der Waals surface area contributed by atoms with Gasteiger partial charge in [-0.1, -0.05) is 31.1 Å². The minimum Gasteiger partial charge on any atom is -0.356 e. The lowest BCUT2D eigenvalue weighted by atomic mass is 9.87. The van der Waals surface area contributed by atoms with Crippen LogP contribution in [0.1, 0.15) is 31.0 Å². The second-order valence-electron chi connectivity index (χ2n) is 4.58. The van der Waals surface area contributed by atoms with Crippen molar-refractivity contribution in [3.8, 4) is 0 Å². The third-order valence-electron chi connectivity index (χ3n) is 3.17. The molecular weight excluding hydrogens is 200 g/mol. The molecule has 1 aromatic heterocycles. The molecule has 0 fully saturated rings. The van der Waals surface area contributed by atoms with Crippen LogP contribution in [0.2, 0.25) is 0 Å². The van der Waals surface area contributed by atoms with E-state index >= 15 is 0 Å². The fourth-order valence-electron chi connectivity index (χ4n) is 2.16. The Bertz CT molecular complexity index is 488. The van der Waals surface area contributed by atoms with Crippen molar-refractivity contribution in [1.82, 2.24) is 5.16 Å². The van der Waals surface area contributed by atoms with Crippen molar-refractivity contribution in [2.45, 2.75) is 26.7 Å². The van der Waals surface area contributed by atoms with E-state index in [4.69, 9.17) is 10.3 Å². The fourth-order valence-corrected chi connectivity index (χ4v) is 2.16. The molecule has 3 heteroatoms. The number of fused-ring (bicyclic) bond motifs is 1. The van der Waals surface area contributed by atoms with Crippen LogP contribution in [0.15, 0.2) is 22.7 Å². The van der Waals surface area contributed by atoms with Crippen molar-refractivity contribution in [2.24, 2.45) is 11.7 Å². The van der Waals surface area contributed by atoms with Crippen molar-refractivity contribution >= 4 is 11.0 Å². The molecule has 3 nitrogen and oxygen atoms in total. The van der Waals surface area contributed by atoms with Gasteiger partial charge in [-0.15, -0.1) is 0 Å². The van der Waals surface area contributed by atoms with E-state index in [0.717, 1.165) is 16.7 Å². The Labute approximate surface area is 95.6 Å². The number of aromatic nitrogens is 1. The van der Waals surface area contributed by atoms with Crippen LogP contribution in [-0.2, 0) is 0 Å². The standard InChI is InChI=1S/C13H18N2O/c1-8(2)12(7-14)11-6-4-5-10-9(3)15-16-13(10)11/h4-6,8,12H,7,14H2,1-3H3. The highest BCUT2D eigenvalue weighted by atomic mass is 16.5. The molecule has 0 aliphatic heterocycles. The van der Waals surface area contributed by atoms with E-state index in [1.807, 2.05) is 19.1 Å².